The van der Waals surface area contributed by atoms with Crippen LogP contribution in [-0.2, 0) is 15.8 Å². The fourth-order valence-corrected chi connectivity index (χ4v) is 4.89. The van der Waals surface area contributed by atoms with Crippen molar-refractivity contribution in [1.82, 2.24) is 10.2 Å². The minimum atomic E-state index is -3.50. The maximum absolute atomic E-state index is 12.5. The van der Waals surface area contributed by atoms with E-state index < -0.39 is 10.0 Å². The summed E-state index contributed by atoms with van der Waals surface area (Å²) < 4.78 is 27.7. The summed E-state index contributed by atoms with van der Waals surface area (Å²) >= 11 is 0. The van der Waals surface area contributed by atoms with Crippen molar-refractivity contribution in [3.63, 3.8) is 0 Å². The molecule has 7 heteroatoms. The zero-order chi connectivity index (χ0) is 20.8. The monoisotopic (exact) mass is 422 g/mol. The van der Waals surface area contributed by atoms with Crippen LogP contribution in [-0.4, -0.2) is 31.7 Å². The van der Waals surface area contributed by atoms with Gasteiger partial charge in [0.1, 0.15) is 0 Å². The van der Waals surface area contributed by atoms with Crippen LogP contribution in [0.3, 0.4) is 0 Å². The van der Waals surface area contributed by atoms with E-state index in [4.69, 9.17) is 0 Å². The SMILES string of the molecule is O=S(=O)(Cc1ccccc1)Nc1cccc(-c2ccc(N3CCCCCC3)nn2)c1. The largest absolute Gasteiger partial charge is 0.355 e. The Morgan fingerprint density at radius 1 is 0.833 bits per heavy atom. The summed E-state index contributed by atoms with van der Waals surface area (Å²) in [6, 6.07) is 20.3. The van der Waals surface area contributed by atoms with E-state index in [-0.39, 0.29) is 5.75 Å². The van der Waals surface area contributed by atoms with Crippen molar-refractivity contribution >= 4 is 21.5 Å². The van der Waals surface area contributed by atoms with Gasteiger partial charge in [-0.25, -0.2) is 8.42 Å². The van der Waals surface area contributed by atoms with E-state index in [9.17, 15) is 8.42 Å². The molecular formula is C23H26N4O2S. The van der Waals surface area contributed by atoms with E-state index in [1.165, 1.54) is 25.7 Å². The van der Waals surface area contributed by atoms with Crippen molar-refractivity contribution in [3.8, 4) is 11.3 Å². The Morgan fingerprint density at radius 2 is 1.60 bits per heavy atom. The quantitative estimate of drug-likeness (QED) is 0.634. The molecule has 0 saturated carbocycles. The summed E-state index contributed by atoms with van der Waals surface area (Å²) in [6.45, 7) is 2.04. The van der Waals surface area contributed by atoms with Gasteiger partial charge in [-0.15, -0.1) is 10.2 Å². The van der Waals surface area contributed by atoms with Crippen LogP contribution in [0.1, 0.15) is 31.2 Å². The molecule has 1 aliphatic rings. The predicted octanol–water partition coefficient (Wildman–Crippen LogP) is 4.47. The number of benzene rings is 2. The van der Waals surface area contributed by atoms with Gasteiger partial charge in [0.25, 0.3) is 0 Å². The molecule has 4 rings (SSSR count). The third kappa shape index (κ3) is 5.36. The van der Waals surface area contributed by atoms with Crippen molar-refractivity contribution in [1.29, 1.82) is 0 Å². The Labute approximate surface area is 178 Å². The molecule has 156 valence electrons. The van der Waals surface area contributed by atoms with E-state index >= 15 is 0 Å². The summed E-state index contributed by atoms with van der Waals surface area (Å²) in [4.78, 5) is 2.29. The van der Waals surface area contributed by atoms with E-state index in [0.717, 1.165) is 35.7 Å². The van der Waals surface area contributed by atoms with Gasteiger partial charge >= 0.3 is 0 Å². The summed E-state index contributed by atoms with van der Waals surface area (Å²) in [5.74, 6) is 0.836. The van der Waals surface area contributed by atoms with Gasteiger partial charge in [0.15, 0.2) is 5.82 Å². The first-order chi connectivity index (χ1) is 14.6. The van der Waals surface area contributed by atoms with Gasteiger partial charge in [-0.2, -0.15) is 0 Å². The number of aromatic nitrogens is 2. The van der Waals surface area contributed by atoms with E-state index in [2.05, 4.69) is 19.8 Å². The highest BCUT2D eigenvalue weighted by Gasteiger charge is 2.14. The summed E-state index contributed by atoms with van der Waals surface area (Å²) in [7, 11) is -3.50. The first-order valence-electron chi connectivity index (χ1n) is 10.3. The van der Waals surface area contributed by atoms with Gasteiger partial charge in [0.05, 0.1) is 11.4 Å². The third-order valence-corrected chi connectivity index (χ3v) is 6.47. The summed E-state index contributed by atoms with van der Waals surface area (Å²) in [5, 5.41) is 8.81. The Morgan fingerprint density at radius 3 is 2.30 bits per heavy atom. The van der Waals surface area contributed by atoms with Gasteiger partial charge in [-0.05, 0) is 42.7 Å². The van der Waals surface area contributed by atoms with Crippen LogP contribution in [0.25, 0.3) is 11.3 Å². The Hall–Kier alpha value is -2.93. The first kappa shape index (κ1) is 20.3. The molecule has 30 heavy (non-hydrogen) atoms. The second-order valence-corrected chi connectivity index (χ2v) is 9.33. The van der Waals surface area contributed by atoms with E-state index in [0.29, 0.717) is 5.69 Å². The van der Waals surface area contributed by atoms with Crippen molar-refractivity contribution in [3.05, 3.63) is 72.3 Å². The average Bonchev–Trinajstić information content (AvgIpc) is 3.04. The van der Waals surface area contributed by atoms with Gasteiger partial charge < -0.3 is 4.90 Å². The lowest BCUT2D eigenvalue weighted by Gasteiger charge is -2.20. The number of anilines is 2. The molecule has 1 aromatic heterocycles. The highest BCUT2D eigenvalue weighted by atomic mass is 32.2. The molecule has 0 radical (unpaired) electrons. The standard InChI is InChI=1S/C23H26N4O2S/c28-30(29,18-19-9-4-3-5-10-19)26-21-12-8-11-20(17-21)22-13-14-23(25-24-22)27-15-6-1-2-7-16-27/h3-5,8-14,17,26H,1-2,6-7,15-16,18H2. The fourth-order valence-electron chi connectivity index (χ4n) is 3.70. The number of hydrogen-bond acceptors (Lipinski definition) is 5. The molecule has 2 heterocycles. The number of nitrogens with zero attached hydrogens (tertiary/aromatic N) is 3. The third-order valence-electron chi connectivity index (χ3n) is 5.21. The molecular weight excluding hydrogens is 396 g/mol. The minimum Gasteiger partial charge on any atom is -0.355 e. The Balaban J connectivity index is 1.47. The molecule has 0 spiro atoms. The number of rotatable bonds is 6. The highest BCUT2D eigenvalue weighted by molar-refractivity contribution is 7.91. The molecule has 0 bridgehead atoms. The summed E-state index contributed by atoms with van der Waals surface area (Å²) in [5.41, 5.74) is 2.81. The number of sulfonamides is 1. The molecule has 1 fully saturated rings. The molecule has 0 aliphatic carbocycles. The minimum absolute atomic E-state index is 0.0671. The fraction of sp³-hybridized carbons (Fsp3) is 0.304. The topological polar surface area (TPSA) is 75.2 Å². The molecule has 1 saturated heterocycles. The lowest BCUT2D eigenvalue weighted by atomic mass is 10.1. The summed E-state index contributed by atoms with van der Waals surface area (Å²) in [6.07, 6.45) is 4.92. The van der Waals surface area contributed by atoms with Crippen molar-refractivity contribution in [2.45, 2.75) is 31.4 Å². The number of hydrogen-bond donors (Lipinski definition) is 1. The smallest absolute Gasteiger partial charge is 0.236 e. The van der Waals surface area contributed by atoms with Crippen molar-refractivity contribution in [2.24, 2.45) is 0 Å². The maximum atomic E-state index is 12.5. The van der Waals surface area contributed by atoms with Gasteiger partial charge in [0, 0.05) is 24.3 Å². The van der Waals surface area contributed by atoms with Crippen LogP contribution in [0.2, 0.25) is 0 Å². The molecule has 3 aromatic rings. The first-order valence-corrected chi connectivity index (χ1v) is 12.0. The second kappa shape index (κ2) is 9.26. The molecule has 1 aliphatic heterocycles. The van der Waals surface area contributed by atoms with Gasteiger partial charge in [-0.1, -0.05) is 55.3 Å². The van der Waals surface area contributed by atoms with Crippen LogP contribution >= 0.6 is 0 Å². The van der Waals surface area contributed by atoms with Crippen LogP contribution in [0.15, 0.2) is 66.7 Å². The Kier molecular flexibility index (Phi) is 6.28. The second-order valence-electron chi connectivity index (χ2n) is 7.61. The van der Waals surface area contributed by atoms with Crippen molar-refractivity contribution in [2.75, 3.05) is 22.7 Å². The maximum Gasteiger partial charge on any atom is 0.236 e. The molecule has 6 nitrogen and oxygen atoms in total. The zero-order valence-corrected chi connectivity index (χ0v) is 17.7. The van der Waals surface area contributed by atoms with Gasteiger partial charge in [-0.3, -0.25) is 4.72 Å². The molecule has 0 amide bonds. The van der Waals surface area contributed by atoms with Crippen LogP contribution in [0.5, 0.6) is 0 Å². The average molecular weight is 423 g/mol. The lowest BCUT2D eigenvalue weighted by molar-refractivity contribution is 0.600. The van der Waals surface area contributed by atoms with Crippen LogP contribution in [0.4, 0.5) is 11.5 Å². The normalized spacial score (nSPS) is 14.9. The zero-order valence-electron chi connectivity index (χ0n) is 16.9. The van der Waals surface area contributed by atoms with E-state index in [1.54, 1.807) is 24.3 Å². The predicted molar refractivity (Wildman–Crippen MR) is 121 cm³/mol. The lowest BCUT2D eigenvalue weighted by Crippen LogP contribution is -2.25. The van der Waals surface area contributed by atoms with Crippen LogP contribution < -0.4 is 9.62 Å². The number of nitrogens with one attached hydrogen (secondary N) is 1. The highest BCUT2D eigenvalue weighted by Crippen LogP contribution is 2.24. The molecule has 0 unspecified atom stereocenters. The van der Waals surface area contributed by atoms with Crippen molar-refractivity contribution < 1.29 is 8.42 Å². The Bertz CT molecular complexity index is 1060. The molecule has 0 atom stereocenters. The molecule has 2 aromatic carbocycles. The van der Waals surface area contributed by atoms with E-state index in [1.807, 2.05) is 42.5 Å². The molecule has 1 N–H and O–H groups in total. The van der Waals surface area contributed by atoms with Gasteiger partial charge in [0.2, 0.25) is 10.0 Å². The van der Waals surface area contributed by atoms with Crippen LogP contribution in [0, 0.1) is 0 Å².